The number of hydrogen-bond acceptors (Lipinski definition) is 5. The minimum absolute atomic E-state index is 0.248. The van der Waals surface area contributed by atoms with Crippen LogP contribution >= 0.6 is 11.3 Å². The average Bonchev–Trinajstić information content (AvgIpc) is 3.13. The lowest BCUT2D eigenvalue weighted by Gasteiger charge is -2.11. The van der Waals surface area contributed by atoms with Crippen LogP contribution in [0.15, 0.2) is 52.0 Å². The molecule has 4 N–H and O–H groups in total. The highest BCUT2D eigenvalue weighted by atomic mass is 32.1. The quantitative estimate of drug-likeness (QED) is 0.439. The fourth-order valence-electron chi connectivity index (χ4n) is 2.25. The third-order valence-corrected chi connectivity index (χ3v) is 4.02. The van der Waals surface area contributed by atoms with Gasteiger partial charge < -0.3 is 4.98 Å². The van der Waals surface area contributed by atoms with Crippen molar-refractivity contribution in [3.05, 3.63) is 46.7 Å². The molecule has 1 atom stereocenters. The lowest BCUT2D eigenvalue weighted by atomic mass is 10.2. The third-order valence-electron chi connectivity index (χ3n) is 3.21. The molecule has 3 aromatic rings. The van der Waals surface area contributed by atoms with E-state index in [-0.39, 0.29) is 6.29 Å². The second kappa shape index (κ2) is 5.02. The van der Waals surface area contributed by atoms with Crippen molar-refractivity contribution in [3.63, 3.8) is 0 Å². The zero-order valence-corrected chi connectivity index (χ0v) is 11.8. The highest BCUT2D eigenvalue weighted by Gasteiger charge is 2.23. The number of benzene rings is 1. The van der Waals surface area contributed by atoms with Crippen molar-refractivity contribution in [2.24, 2.45) is 10.2 Å². The van der Waals surface area contributed by atoms with Crippen molar-refractivity contribution >= 4 is 40.0 Å². The molecule has 104 valence electrons. The van der Waals surface area contributed by atoms with E-state index in [9.17, 15) is 0 Å². The molecule has 0 unspecified atom stereocenters. The summed E-state index contributed by atoms with van der Waals surface area (Å²) in [5.74, 6) is 0.888. The third kappa shape index (κ3) is 2.27. The highest BCUT2D eigenvalue weighted by Crippen LogP contribution is 2.34. The van der Waals surface area contributed by atoms with Gasteiger partial charge >= 0.3 is 6.29 Å². The Morgan fingerprint density at radius 2 is 2.24 bits per heavy atom. The average molecular weight is 297 g/mol. The monoisotopic (exact) mass is 297 g/mol. The fraction of sp³-hybridized carbons (Fsp3) is 0.0714. The maximum absolute atomic E-state index is 4.40. The van der Waals surface area contributed by atoms with E-state index in [1.54, 1.807) is 17.6 Å². The molecule has 1 aliphatic heterocycles. The molecule has 0 amide bonds. The maximum atomic E-state index is 4.40. The number of hydrogen-bond donors (Lipinski definition) is 4. The van der Waals surface area contributed by atoms with Crippen LogP contribution in [0.4, 0.5) is 11.5 Å². The van der Waals surface area contributed by atoms with E-state index in [0.717, 1.165) is 27.3 Å². The molecule has 0 fully saturated rings. The van der Waals surface area contributed by atoms with Gasteiger partial charge in [-0.2, -0.15) is 5.10 Å². The summed E-state index contributed by atoms with van der Waals surface area (Å²) < 4.78 is 0. The van der Waals surface area contributed by atoms with E-state index in [2.05, 4.69) is 31.1 Å². The van der Waals surface area contributed by atoms with Gasteiger partial charge in [0, 0.05) is 15.8 Å². The minimum atomic E-state index is -0.248. The van der Waals surface area contributed by atoms with E-state index in [0.29, 0.717) is 0 Å². The predicted molar refractivity (Wildman–Crippen MR) is 83.8 cm³/mol. The summed E-state index contributed by atoms with van der Waals surface area (Å²) in [6.45, 7) is 0. The number of rotatable bonds is 3. The molecule has 0 radical (unpaired) electrons. The van der Waals surface area contributed by atoms with Crippen LogP contribution in [-0.2, 0) is 0 Å². The number of aromatic nitrogens is 1. The van der Waals surface area contributed by atoms with Crippen LogP contribution in [0.25, 0.3) is 10.9 Å². The van der Waals surface area contributed by atoms with Crippen LogP contribution in [0.3, 0.4) is 0 Å². The Bertz CT molecular complexity index is 817. The largest absolute Gasteiger partial charge is 0.344 e. The molecule has 3 heterocycles. The maximum Gasteiger partial charge on any atom is 0.344 e. The van der Waals surface area contributed by atoms with Gasteiger partial charge in [-0.3, -0.25) is 5.32 Å². The van der Waals surface area contributed by atoms with Gasteiger partial charge in [-0.25, -0.2) is 5.43 Å². The van der Waals surface area contributed by atoms with Gasteiger partial charge in [0.1, 0.15) is 5.82 Å². The number of thiophene rings is 1. The number of H-pyrrole nitrogens is 1. The Balaban J connectivity index is 1.52. The van der Waals surface area contributed by atoms with Gasteiger partial charge in [-0.1, -0.05) is 29.4 Å². The van der Waals surface area contributed by atoms with Gasteiger partial charge in [0.15, 0.2) is 5.69 Å². The summed E-state index contributed by atoms with van der Waals surface area (Å²) in [4.78, 5) is 4.41. The summed E-state index contributed by atoms with van der Waals surface area (Å²) in [5.41, 5.74) is 4.94. The summed E-state index contributed by atoms with van der Waals surface area (Å²) in [6, 6.07) is 12.1. The number of nitrogens with zero attached hydrogens (tertiary/aromatic N) is 2. The van der Waals surface area contributed by atoms with E-state index < -0.39 is 0 Å². The van der Waals surface area contributed by atoms with Crippen molar-refractivity contribution in [3.8, 4) is 0 Å². The Labute approximate surface area is 124 Å². The second-order valence-electron chi connectivity index (χ2n) is 4.62. The van der Waals surface area contributed by atoms with Gasteiger partial charge in [0.05, 0.1) is 6.21 Å². The van der Waals surface area contributed by atoms with Crippen LogP contribution in [0.5, 0.6) is 0 Å². The van der Waals surface area contributed by atoms with Crippen molar-refractivity contribution in [1.29, 1.82) is 0 Å². The van der Waals surface area contributed by atoms with Crippen molar-refractivity contribution in [2.75, 3.05) is 5.32 Å². The number of anilines is 1. The minimum Gasteiger partial charge on any atom is -0.339 e. The number of azo groups is 1. The topological polar surface area (TPSA) is 78.5 Å². The molecule has 4 rings (SSSR count). The molecule has 1 aliphatic rings. The first-order valence-electron chi connectivity index (χ1n) is 6.56. The number of fused-ring (bicyclic) bond motifs is 3. The highest BCUT2D eigenvalue weighted by molar-refractivity contribution is 7.11. The van der Waals surface area contributed by atoms with Crippen LogP contribution < -0.4 is 15.9 Å². The van der Waals surface area contributed by atoms with Crippen LogP contribution in [0.2, 0.25) is 0 Å². The Kier molecular flexibility index (Phi) is 2.89. The Morgan fingerprint density at radius 3 is 3.14 bits per heavy atom. The summed E-state index contributed by atoms with van der Waals surface area (Å²) in [6.07, 6.45) is 1.54. The molecular weight excluding hydrogens is 284 g/mol. The van der Waals surface area contributed by atoms with E-state index in [1.165, 1.54) is 0 Å². The molecule has 0 spiro atoms. The normalized spacial score (nSPS) is 17.0. The number of para-hydroxylation sites is 1. The standard InChI is InChI=1S/C14H12N6S/c1-2-6-11-10(5-1)12-13(16-11)17-14(20-18-12)19-15-8-9-4-3-7-21-9/h1-8,14,16-17,19H/p+1/b15-8-/t14-/m1/s1. The Morgan fingerprint density at radius 1 is 1.29 bits per heavy atom. The molecule has 0 saturated carbocycles. The van der Waals surface area contributed by atoms with E-state index in [1.807, 2.05) is 41.8 Å². The second-order valence-corrected chi connectivity index (χ2v) is 5.59. The summed E-state index contributed by atoms with van der Waals surface area (Å²) in [5, 5.41) is 18.0. The van der Waals surface area contributed by atoms with Crippen molar-refractivity contribution in [1.82, 2.24) is 10.4 Å². The van der Waals surface area contributed by atoms with E-state index in [4.69, 9.17) is 0 Å². The van der Waals surface area contributed by atoms with Crippen LogP contribution in [-0.4, -0.2) is 17.5 Å². The molecule has 0 saturated heterocycles. The van der Waals surface area contributed by atoms with Gasteiger partial charge in [0.25, 0.3) is 0 Å². The first-order chi connectivity index (χ1) is 10.4. The first kappa shape index (κ1) is 12.1. The molecule has 1 aromatic carbocycles. The number of aromatic amines is 1. The molecule has 21 heavy (non-hydrogen) atoms. The van der Waals surface area contributed by atoms with Gasteiger partial charge in [-0.05, 0) is 22.6 Å². The van der Waals surface area contributed by atoms with Gasteiger partial charge in [0.2, 0.25) is 0 Å². The summed E-state index contributed by atoms with van der Waals surface area (Å²) in [7, 11) is 0. The first-order valence-corrected chi connectivity index (χ1v) is 7.44. The van der Waals surface area contributed by atoms with Crippen molar-refractivity contribution in [2.45, 2.75) is 6.29 Å². The van der Waals surface area contributed by atoms with Gasteiger partial charge in [-0.15, -0.1) is 11.3 Å². The smallest absolute Gasteiger partial charge is 0.339 e. The van der Waals surface area contributed by atoms with E-state index >= 15 is 0 Å². The molecule has 0 bridgehead atoms. The lowest BCUT2D eigenvalue weighted by Crippen LogP contribution is -2.81. The summed E-state index contributed by atoms with van der Waals surface area (Å²) >= 11 is 1.64. The lowest BCUT2D eigenvalue weighted by molar-refractivity contribution is -0.570. The number of nitrogens with one attached hydrogen (secondary N) is 4. The molecular formula is C14H13N6S+. The molecule has 0 aliphatic carbocycles. The number of hydrazone groups is 1. The molecule has 6 nitrogen and oxygen atoms in total. The van der Waals surface area contributed by atoms with Crippen LogP contribution in [0.1, 0.15) is 4.88 Å². The molecule has 7 heteroatoms. The molecule has 2 aromatic heterocycles. The predicted octanol–water partition coefficient (Wildman–Crippen LogP) is 1.73. The zero-order chi connectivity index (χ0) is 14.1. The Hall–Kier alpha value is -2.67. The van der Waals surface area contributed by atoms with Crippen LogP contribution in [0, 0.1) is 0 Å². The zero-order valence-electron chi connectivity index (χ0n) is 11.0. The fourth-order valence-corrected chi connectivity index (χ4v) is 2.84. The SMILES string of the molecule is C(=N/N[C@H]1Nc2[nH]c3ccccc3c2N=[NH+]1)/c1cccs1. The van der Waals surface area contributed by atoms with Crippen molar-refractivity contribution < 1.29 is 5.11 Å².